The van der Waals surface area contributed by atoms with Crippen LogP contribution >= 0.6 is 0 Å². The third-order valence-corrected chi connectivity index (χ3v) is 2.66. The van der Waals surface area contributed by atoms with Crippen LogP contribution in [0.4, 0.5) is 11.4 Å². The van der Waals surface area contributed by atoms with Crippen LogP contribution in [0.25, 0.3) is 0 Å². The Kier molecular flexibility index (Phi) is 3.97. The molecule has 0 aliphatic carbocycles. The first-order valence-electron chi connectivity index (χ1n) is 5.81. The molecule has 0 saturated heterocycles. The van der Waals surface area contributed by atoms with E-state index in [1.807, 2.05) is 12.1 Å². The number of rotatable bonds is 4. The van der Waals surface area contributed by atoms with Gasteiger partial charge in [-0.15, -0.1) is 0 Å². The normalized spacial score (nSPS) is 9.79. The highest BCUT2D eigenvalue weighted by Gasteiger charge is 2.11. The molecule has 1 heterocycles. The summed E-state index contributed by atoms with van der Waals surface area (Å²) >= 11 is 0. The van der Waals surface area contributed by atoms with Gasteiger partial charge >= 0.3 is 0 Å². The first-order chi connectivity index (χ1) is 9.24. The Morgan fingerprint density at radius 1 is 1.32 bits per heavy atom. The van der Waals surface area contributed by atoms with E-state index in [9.17, 15) is 4.79 Å². The molecule has 1 aromatic heterocycles. The van der Waals surface area contributed by atoms with Crippen LogP contribution in [0.15, 0.2) is 42.7 Å². The van der Waals surface area contributed by atoms with Gasteiger partial charge in [-0.1, -0.05) is 6.07 Å². The Morgan fingerprint density at radius 2 is 2.16 bits per heavy atom. The topological polar surface area (TPSA) is 63.2 Å². The van der Waals surface area contributed by atoms with Gasteiger partial charge in [-0.05, 0) is 18.2 Å². The van der Waals surface area contributed by atoms with Crippen molar-refractivity contribution in [3.63, 3.8) is 0 Å². The van der Waals surface area contributed by atoms with E-state index in [0.29, 0.717) is 17.0 Å². The van der Waals surface area contributed by atoms with Gasteiger partial charge in [0.1, 0.15) is 5.75 Å². The molecule has 1 aromatic carbocycles. The minimum atomic E-state index is -0.217. The van der Waals surface area contributed by atoms with Gasteiger partial charge in [-0.3, -0.25) is 9.78 Å². The number of hydrogen-bond donors (Lipinski definition) is 2. The van der Waals surface area contributed by atoms with Crippen LogP contribution in [-0.2, 0) is 0 Å². The first kappa shape index (κ1) is 12.9. The molecule has 0 fully saturated rings. The lowest BCUT2D eigenvalue weighted by Crippen LogP contribution is -2.14. The van der Waals surface area contributed by atoms with Gasteiger partial charge in [0.05, 0.1) is 12.7 Å². The second-order valence-corrected chi connectivity index (χ2v) is 3.86. The highest BCUT2D eigenvalue weighted by molar-refractivity contribution is 6.07. The number of carbonyl (C=O) groups is 1. The Hall–Kier alpha value is -2.56. The zero-order valence-corrected chi connectivity index (χ0v) is 10.8. The third kappa shape index (κ3) is 3.01. The molecule has 2 rings (SSSR count). The molecule has 0 aliphatic rings. The van der Waals surface area contributed by atoms with Crippen molar-refractivity contribution in [2.75, 3.05) is 24.8 Å². The lowest BCUT2D eigenvalue weighted by molar-refractivity contribution is 0.102. The van der Waals surface area contributed by atoms with Gasteiger partial charge in [0, 0.05) is 36.9 Å². The average molecular weight is 257 g/mol. The van der Waals surface area contributed by atoms with Crippen LogP contribution < -0.4 is 15.4 Å². The number of amides is 1. The summed E-state index contributed by atoms with van der Waals surface area (Å²) in [6, 6.07) is 8.94. The summed E-state index contributed by atoms with van der Waals surface area (Å²) in [5.74, 6) is 0.475. The Morgan fingerprint density at radius 3 is 2.89 bits per heavy atom. The van der Waals surface area contributed by atoms with Gasteiger partial charge < -0.3 is 15.4 Å². The second-order valence-electron chi connectivity index (χ2n) is 3.86. The number of aromatic nitrogens is 1. The van der Waals surface area contributed by atoms with Crippen molar-refractivity contribution in [1.82, 2.24) is 4.98 Å². The Balaban J connectivity index is 2.20. The fourth-order valence-corrected chi connectivity index (χ4v) is 1.69. The van der Waals surface area contributed by atoms with Crippen molar-refractivity contribution in [2.45, 2.75) is 0 Å². The zero-order chi connectivity index (χ0) is 13.7. The van der Waals surface area contributed by atoms with E-state index < -0.39 is 0 Å². The molecule has 0 radical (unpaired) electrons. The molecular formula is C14H15N3O2. The van der Waals surface area contributed by atoms with Crippen LogP contribution in [0.5, 0.6) is 5.75 Å². The van der Waals surface area contributed by atoms with Crippen molar-refractivity contribution in [2.24, 2.45) is 0 Å². The number of benzene rings is 1. The minimum Gasteiger partial charge on any atom is -0.497 e. The molecule has 19 heavy (non-hydrogen) atoms. The van der Waals surface area contributed by atoms with E-state index in [-0.39, 0.29) is 5.91 Å². The van der Waals surface area contributed by atoms with E-state index in [2.05, 4.69) is 15.6 Å². The first-order valence-corrected chi connectivity index (χ1v) is 5.81. The smallest absolute Gasteiger partial charge is 0.259 e. The van der Waals surface area contributed by atoms with E-state index in [1.165, 1.54) is 6.20 Å². The average Bonchev–Trinajstić information content (AvgIpc) is 2.47. The molecule has 5 heteroatoms. The maximum absolute atomic E-state index is 12.2. The van der Waals surface area contributed by atoms with Crippen molar-refractivity contribution in [3.8, 4) is 5.75 Å². The van der Waals surface area contributed by atoms with Crippen molar-refractivity contribution in [3.05, 3.63) is 48.3 Å². The lowest BCUT2D eigenvalue weighted by atomic mass is 10.2. The van der Waals surface area contributed by atoms with Gasteiger partial charge in [0.15, 0.2) is 0 Å². The predicted octanol–water partition coefficient (Wildman–Crippen LogP) is 2.38. The van der Waals surface area contributed by atoms with Crippen LogP contribution in [-0.4, -0.2) is 25.0 Å². The quantitative estimate of drug-likeness (QED) is 0.882. The van der Waals surface area contributed by atoms with E-state index in [1.54, 1.807) is 38.6 Å². The fourth-order valence-electron chi connectivity index (χ4n) is 1.69. The maximum Gasteiger partial charge on any atom is 0.259 e. The summed E-state index contributed by atoms with van der Waals surface area (Å²) in [5.41, 5.74) is 1.90. The largest absolute Gasteiger partial charge is 0.497 e. The van der Waals surface area contributed by atoms with E-state index in [0.717, 1.165) is 5.69 Å². The van der Waals surface area contributed by atoms with Gasteiger partial charge in [0.2, 0.25) is 0 Å². The fraction of sp³-hybridized carbons (Fsp3) is 0.143. The number of ether oxygens (including phenoxy) is 1. The maximum atomic E-state index is 12.2. The molecule has 0 unspecified atom stereocenters. The lowest BCUT2D eigenvalue weighted by Gasteiger charge is -2.09. The predicted molar refractivity (Wildman–Crippen MR) is 74.7 cm³/mol. The monoisotopic (exact) mass is 257 g/mol. The molecule has 0 bridgehead atoms. The van der Waals surface area contributed by atoms with Gasteiger partial charge in [0.25, 0.3) is 5.91 Å². The Labute approximate surface area is 111 Å². The van der Waals surface area contributed by atoms with E-state index >= 15 is 0 Å². The minimum absolute atomic E-state index is 0.217. The summed E-state index contributed by atoms with van der Waals surface area (Å²) in [5, 5.41) is 5.77. The molecule has 0 atom stereocenters. The van der Waals surface area contributed by atoms with Crippen LogP contribution in [0.2, 0.25) is 0 Å². The van der Waals surface area contributed by atoms with Crippen molar-refractivity contribution in [1.29, 1.82) is 0 Å². The molecule has 2 N–H and O–H groups in total. The summed E-state index contributed by atoms with van der Waals surface area (Å²) in [4.78, 5) is 16.1. The number of nitrogens with zero attached hydrogens (tertiary/aromatic N) is 1. The van der Waals surface area contributed by atoms with Crippen molar-refractivity contribution >= 4 is 17.3 Å². The van der Waals surface area contributed by atoms with Crippen LogP contribution in [0, 0.1) is 0 Å². The van der Waals surface area contributed by atoms with Gasteiger partial charge in [-0.2, -0.15) is 0 Å². The Bertz CT molecular complexity index is 584. The molecular weight excluding hydrogens is 242 g/mol. The summed E-state index contributed by atoms with van der Waals surface area (Å²) in [7, 11) is 3.35. The highest BCUT2D eigenvalue weighted by Crippen LogP contribution is 2.19. The SMILES string of the molecule is CNc1ccncc1C(=O)Nc1cccc(OC)c1. The van der Waals surface area contributed by atoms with Crippen LogP contribution in [0.1, 0.15) is 10.4 Å². The number of methoxy groups -OCH3 is 1. The summed E-state index contributed by atoms with van der Waals surface area (Å²) in [6.07, 6.45) is 3.16. The van der Waals surface area contributed by atoms with Crippen LogP contribution in [0.3, 0.4) is 0 Å². The number of anilines is 2. The third-order valence-electron chi connectivity index (χ3n) is 2.66. The van der Waals surface area contributed by atoms with Crippen molar-refractivity contribution < 1.29 is 9.53 Å². The molecule has 0 aliphatic heterocycles. The number of hydrogen-bond acceptors (Lipinski definition) is 4. The zero-order valence-electron chi connectivity index (χ0n) is 10.8. The summed E-state index contributed by atoms with van der Waals surface area (Å²) in [6.45, 7) is 0. The molecule has 5 nitrogen and oxygen atoms in total. The second kappa shape index (κ2) is 5.86. The molecule has 1 amide bonds. The molecule has 0 spiro atoms. The molecule has 98 valence electrons. The number of nitrogens with one attached hydrogen (secondary N) is 2. The number of pyridine rings is 1. The summed E-state index contributed by atoms with van der Waals surface area (Å²) < 4.78 is 5.11. The standard InChI is InChI=1S/C14H15N3O2/c1-15-13-6-7-16-9-12(13)14(18)17-10-4-3-5-11(8-10)19-2/h3-9H,1-2H3,(H,15,16)(H,17,18). The molecule has 0 saturated carbocycles. The number of carbonyl (C=O) groups excluding carboxylic acids is 1. The van der Waals surface area contributed by atoms with E-state index in [4.69, 9.17) is 4.74 Å². The molecule has 2 aromatic rings. The van der Waals surface area contributed by atoms with Gasteiger partial charge in [-0.25, -0.2) is 0 Å². The highest BCUT2D eigenvalue weighted by atomic mass is 16.5.